The van der Waals surface area contributed by atoms with Crippen LogP contribution in [0.1, 0.15) is 30.7 Å². The van der Waals surface area contributed by atoms with Gasteiger partial charge in [-0.1, -0.05) is 32.0 Å². The molecule has 0 fully saturated rings. The van der Waals surface area contributed by atoms with Gasteiger partial charge in [-0.15, -0.1) is 11.3 Å². The van der Waals surface area contributed by atoms with Gasteiger partial charge in [0.15, 0.2) is 0 Å². The van der Waals surface area contributed by atoms with Gasteiger partial charge in [-0.05, 0) is 47.7 Å². The Labute approximate surface area is 197 Å². The smallest absolute Gasteiger partial charge is 0.243 e. The van der Waals surface area contributed by atoms with Gasteiger partial charge in [-0.2, -0.15) is 4.31 Å². The predicted octanol–water partition coefficient (Wildman–Crippen LogP) is 5.22. The van der Waals surface area contributed by atoms with Gasteiger partial charge >= 0.3 is 0 Å². The SMILES string of the molecule is CCN(CC)S(=O)(=O)c1ccc(CCC(=O)N(Cc2cccs2)c2ccc(F)cc2F)cc1. The zero-order valence-corrected chi connectivity index (χ0v) is 20.1. The number of sulfonamides is 1. The van der Waals surface area contributed by atoms with E-state index >= 15 is 0 Å². The highest BCUT2D eigenvalue weighted by atomic mass is 32.2. The first-order valence-corrected chi connectivity index (χ1v) is 12.9. The minimum absolute atomic E-state index is 0.0236. The van der Waals surface area contributed by atoms with Crippen molar-refractivity contribution < 1.29 is 22.0 Å². The Hall–Kier alpha value is -2.62. The van der Waals surface area contributed by atoms with Gasteiger partial charge in [0.05, 0.1) is 17.1 Å². The number of nitrogens with zero attached hydrogens (tertiary/aromatic N) is 2. The molecule has 0 radical (unpaired) electrons. The van der Waals surface area contributed by atoms with E-state index in [4.69, 9.17) is 0 Å². The number of hydrogen-bond donors (Lipinski definition) is 0. The van der Waals surface area contributed by atoms with Gasteiger partial charge in [0.1, 0.15) is 11.6 Å². The third kappa shape index (κ3) is 6.04. The lowest BCUT2D eigenvalue weighted by Gasteiger charge is -2.23. The molecule has 3 aromatic rings. The van der Waals surface area contributed by atoms with Crippen LogP contribution in [0.4, 0.5) is 14.5 Å². The molecule has 0 aliphatic carbocycles. The fraction of sp³-hybridized carbons (Fsp3) is 0.292. The molecule has 5 nitrogen and oxygen atoms in total. The maximum absolute atomic E-state index is 14.4. The van der Waals surface area contributed by atoms with E-state index in [0.29, 0.717) is 19.5 Å². The lowest BCUT2D eigenvalue weighted by molar-refractivity contribution is -0.118. The third-order valence-electron chi connectivity index (χ3n) is 5.29. The van der Waals surface area contributed by atoms with Gasteiger partial charge in [0.2, 0.25) is 15.9 Å². The standard InChI is InChI=1S/C24H26F2N2O3S2/c1-3-27(4-2)33(30,31)21-11-7-18(8-12-21)9-14-24(29)28(17-20-6-5-15-32-20)23-13-10-19(25)16-22(23)26/h5-8,10-13,15-16H,3-4,9,14,17H2,1-2H3. The zero-order chi connectivity index (χ0) is 24.0. The van der Waals surface area contributed by atoms with Crippen LogP contribution in [-0.4, -0.2) is 31.7 Å². The van der Waals surface area contributed by atoms with Crippen molar-refractivity contribution in [3.63, 3.8) is 0 Å². The van der Waals surface area contributed by atoms with Crippen LogP contribution in [0.25, 0.3) is 0 Å². The summed E-state index contributed by atoms with van der Waals surface area (Å²) in [7, 11) is -3.55. The molecule has 2 aromatic carbocycles. The number of amides is 1. The Kier molecular flexibility index (Phi) is 8.34. The fourth-order valence-electron chi connectivity index (χ4n) is 3.49. The van der Waals surface area contributed by atoms with E-state index in [9.17, 15) is 22.0 Å². The van der Waals surface area contributed by atoms with E-state index in [2.05, 4.69) is 0 Å². The Bertz CT molecular complexity index is 1180. The first kappa shape index (κ1) is 25.0. The predicted molar refractivity (Wildman–Crippen MR) is 127 cm³/mol. The van der Waals surface area contributed by atoms with E-state index in [1.54, 1.807) is 26.0 Å². The number of anilines is 1. The van der Waals surface area contributed by atoms with Crippen LogP contribution < -0.4 is 4.90 Å². The van der Waals surface area contributed by atoms with Crippen LogP contribution in [0.3, 0.4) is 0 Å². The summed E-state index contributed by atoms with van der Waals surface area (Å²) in [5, 5.41) is 1.87. The summed E-state index contributed by atoms with van der Waals surface area (Å²) in [6.07, 6.45) is 0.443. The van der Waals surface area contributed by atoms with Crippen molar-refractivity contribution in [2.75, 3.05) is 18.0 Å². The highest BCUT2D eigenvalue weighted by Crippen LogP contribution is 2.25. The van der Waals surface area contributed by atoms with E-state index in [0.717, 1.165) is 22.6 Å². The Morgan fingerprint density at radius 1 is 1.00 bits per heavy atom. The Balaban J connectivity index is 1.75. The molecule has 0 saturated carbocycles. The van der Waals surface area contributed by atoms with Gasteiger partial charge in [0, 0.05) is 30.5 Å². The number of carbonyl (C=O) groups excluding carboxylic acids is 1. The zero-order valence-electron chi connectivity index (χ0n) is 18.5. The summed E-state index contributed by atoms with van der Waals surface area (Å²) in [5.41, 5.74) is 0.813. The summed E-state index contributed by atoms with van der Waals surface area (Å²) in [5.74, 6) is -1.82. The van der Waals surface area contributed by atoms with E-state index < -0.39 is 21.7 Å². The van der Waals surface area contributed by atoms with Crippen LogP contribution in [0.15, 0.2) is 64.9 Å². The third-order valence-corrected chi connectivity index (χ3v) is 8.21. The van der Waals surface area contributed by atoms with Crippen molar-refractivity contribution >= 4 is 33.0 Å². The van der Waals surface area contributed by atoms with Crippen molar-refractivity contribution in [2.24, 2.45) is 0 Å². The molecule has 9 heteroatoms. The van der Waals surface area contributed by atoms with Crippen molar-refractivity contribution in [1.29, 1.82) is 0 Å². The number of hydrogen-bond acceptors (Lipinski definition) is 4. The van der Waals surface area contributed by atoms with Crippen LogP contribution >= 0.6 is 11.3 Å². The largest absolute Gasteiger partial charge is 0.304 e. The molecule has 0 aliphatic heterocycles. The number of halogens is 2. The minimum Gasteiger partial charge on any atom is -0.304 e. The molecule has 1 aromatic heterocycles. The maximum Gasteiger partial charge on any atom is 0.243 e. The number of aryl methyl sites for hydroxylation is 1. The van der Waals surface area contributed by atoms with Gasteiger partial charge < -0.3 is 4.90 Å². The summed E-state index contributed by atoms with van der Waals surface area (Å²) in [6.45, 7) is 4.52. The molecule has 176 valence electrons. The maximum atomic E-state index is 14.4. The average Bonchev–Trinajstić information content (AvgIpc) is 3.30. The Morgan fingerprint density at radius 2 is 1.70 bits per heavy atom. The highest BCUT2D eigenvalue weighted by Gasteiger charge is 2.22. The average molecular weight is 493 g/mol. The summed E-state index contributed by atoms with van der Waals surface area (Å²) >= 11 is 1.45. The fourth-order valence-corrected chi connectivity index (χ4v) is 5.64. The normalized spacial score (nSPS) is 11.7. The molecular formula is C24H26F2N2O3S2. The lowest BCUT2D eigenvalue weighted by atomic mass is 10.1. The van der Waals surface area contributed by atoms with E-state index in [-0.39, 0.29) is 29.5 Å². The molecule has 1 heterocycles. The second-order valence-electron chi connectivity index (χ2n) is 7.39. The Morgan fingerprint density at radius 3 is 2.27 bits per heavy atom. The van der Waals surface area contributed by atoms with Crippen LogP contribution in [0.2, 0.25) is 0 Å². The number of rotatable bonds is 10. The highest BCUT2D eigenvalue weighted by molar-refractivity contribution is 7.89. The van der Waals surface area contributed by atoms with Crippen molar-refractivity contribution in [1.82, 2.24) is 4.31 Å². The van der Waals surface area contributed by atoms with Crippen LogP contribution in [0.5, 0.6) is 0 Å². The summed E-state index contributed by atoms with van der Waals surface area (Å²) in [4.78, 5) is 15.4. The first-order valence-electron chi connectivity index (χ1n) is 10.6. The number of thiophene rings is 1. The molecule has 0 N–H and O–H groups in total. The summed E-state index contributed by atoms with van der Waals surface area (Å²) in [6, 6.07) is 13.3. The molecule has 33 heavy (non-hydrogen) atoms. The lowest BCUT2D eigenvalue weighted by Crippen LogP contribution is -2.31. The molecule has 1 amide bonds. The molecule has 0 saturated heterocycles. The number of benzene rings is 2. The molecule has 0 bridgehead atoms. The van der Waals surface area contributed by atoms with Crippen molar-refractivity contribution in [3.8, 4) is 0 Å². The van der Waals surface area contributed by atoms with Crippen molar-refractivity contribution in [2.45, 2.75) is 38.1 Å². The first-order chi connectivity index (χ1) is 15.8. The van der Waals surface area contributed by atoms with E-state index in [1.165, 1.54) is 38.7 Å². The molecule has 0 spiro atoms. The minimum atomic E-state index is -3.55. The second kappa shape index (κ2) is 11.0. The second-order valence-corrected chi connectivity index (χ2v) is 10.4. The monoisotopic (exact) mass is 492 g/mol. The van der Waals surface area contributed by atoms with Gasteiger partial charge in [0.25, 0.3) is 0 Å². The molecule has 3 rings (SSSR count). The quantitative estimate of drug-likeness (QED) is 0.390. The molecule has 0 unspecified atom stereocenters. The van der Waals surface area contributed by atoms with Crippen LogP contribution in [0, 0.1) is 11.6 Å². The number of carbonyl (C=O) groups is 1. The molecular weight excluding hydrogens is 466 g/mol. The topological polar surface area (TPSA) is 57.7 Å². The van der Waals surface area contributed by atoms with Crippen LogP contribution in [-0.2, 0) is 27.8 Å². The van der Waals surface area contributed by atoms with Gasteiger partial charge in [-0.25, -0.2) is 17.2 Å². The molecule has 0 aliphatic rings. The molecule has 0 atom stereocenters. The summed E-state index contributed by atoms with van der Waals surface area (Å²) < 4.78 is 54.5. The van der Waals surface area contributed by atoms with E-state index in [1.807, 2.05) is 17.5 Å². The van der Waals surface area contributed by atoms with Gasteiger partial charge in [-0.3, -0.25) is 4.79 Å². The van der Waals surface area contributed by atoms with Crippen molar-refractivity contribution in [3.05, 3.63) is 82.1 Å².